The van der Waals surface area contributed by atoms with Crippen LogP contribution >= 0.6 is 0 Å². The molecule has 3 aromatic rings. The summed E-state index contributed by atoms with van der Waals surface area (Å²) < 4.78 is 2.43. The summed E-state index contributed by atoms with van der Waals surface area (Å²) in [4.78, 5) is 20.2. The molecular weight excluding hydrogens is 408 g/mol. The number of fused-ring (bicyclic) bond motifs is 1. The van der Waals surface area contributed by atoms with Gasteiger partial charge < -0.3 is 9.47 Å². The Bertz CT molecular complexity index is 1080. The summed E-state index contributed by atoms with van der Waals surface area (Å²) in [5.41, 5.74) is 3.43. The molecule has 2 aliphatic rings. The molecule has 2 aliphatic heterocycles. The van der Waals surface area contributed by atoms with Crippen molar-refractivity contribution in [2.45, 2.75) is 45.3 Å². The van der Waals surface area contributed by atoms with Gasteiger partial charge in [-0.3, -0.25) is 14.6 Å². The molecule has 0 saturated carbocycles. The van der Waals surface area contributed by atoms with Crippen LogP contribution in [0.3, 0.4) is 0 Å². The predicted octanol–water partition coefficient (Wildman–Crippen LogP) is 4.64. The second-order valence-corrected chi connectivity index (χ2v) is 9.94. The van der Waals surface area contributed by atoms with Crippen LogP contribution in [-0.4, -0.2) is 70.5 Å². The number of amides is 1. The molecular formula is C28H36N4O. The standard InChI is InChI=1S/C28H36N4O/c1-22(2)30-15-17-31(18-16-30)28(33)25-10-11-27-24(19-25)12-14-32(27)26-9-6-13-29(21-26)20-23-7-4-3-5-8-23/h3-5,7-8,10-12,14,19,22,26H,6,9,13,15-18,20-21H2,1-2H3. The summed E-state index contributed by atoms with van der Waals surface area (Å²) in [7, 11) is 0. The third-order valence-electron chi connectivity index (χ3n) is 7.42. The average Bonchev–Trinajstić information content (AvgIpc) is 3.28. The van der Waals surface area contributed by atoms with Crippen LogP contribution in [0, 0.1) is 0 Å². The minimum absolute atomic E-state index is 0.166. The van der Waals surface area contributed by atoms with E-state index in [1.807, 2.05) is 11.0 Å². The second kappa shape index (κ2) is 9.70. The smallest absolute Gasteiger partial charge is 0.253 e. The maximum atomic E-state index is 13.1. The Balaban J connectivity index is 1.28. The Morgan fingerprint density at radius 3 is 2.52 bits per heavy atom. The summed E-state index contributed by atoms with van der Waals surface area (Å²) in [6, 6.07) is 20.2. The number of piperazine rings is 1. The highest BCUT2D eigenvalue weighted by Gasteiger charge is 2.25. The molecule has 33 heavy (non-hydrogen) atoms. The van der Waals surface area contributed by atoms with Crippen molar-refractivity contribution in [3.63, 3.8) is 0 Å². The quantitative estimate of drug-likeness (QED) is 0.574. The highest BCUT2D eigenvalue weighted by molar-refractivity contribution is 5.98. The number of likely N-dealkylation sites (tertiary alicyclic amines) is 1. The molecule has 0 bridgehead atoms. The molecule has 1 amide bonds. The number of carbonyl (C=O) groups is 1. The van der Waals surface area contributed by atoms with Gasteiger partial charge in [0.15, 0.2) is 0 Å². The minimum atomic E-state index is 0.166. The molecule has 1 unspecified atom stereocenters. The first-order valence-electron chi connectivity index (χ1n) is 12.5. The van der Waals surface area contributed by atoms with Gasteiger partial charge >= 0.3 is 0 Å². The monoisotopic (exact) mass is 444 g/mol. The van der Waals surface area contributed by atoms with E-state index in [-0.39, 0.29) is 5.91 Å². The van der Waals surface area contributed by atoms with Crippen LogP contribution in [0.5, 0.6) is 0 Å². The van der Waals surface area contributed by atoms with Gasteiger partial charge in [-0.15, -0.1) is 0 Å². The van der Waals surface area contributed by atoms with Gasteiger partial charge in [-0.25, -0.2) is 0 Å². The van der Waals surface area contributed by atoms with Gasteiger partial charge in [0, 0.05) is 74.0 Å². The van der Waals surface area contributed by atoms with E-state index < -0.39 is 0 Å². The average molecular weight is 445 g/mol. The first-order chi connectivity index (χ1) is 16.1. The van der Waals surface area contributed by atoms with E-state index in [1.54, 1.807) is 0 Å². The van der Waals surface area contributed by atoms with E-state index in [0.29, 0.717) is 12.1 Å². The SMILES string of the molecule is CC(C)N1CCN(C(=O)c2ccc3c(ccn3C3CCCN(Cc4ccccc4)C3)c2)CC1. The molecule has 5 heteroatoms. The van der Waals surface area contributed by atoms with E-state index >= 15 is 0 Å². The largest absolute Gasteiger partial charge is 0.343 e. The Labute approximate surface area is 197 Å². The van der Waals surface area contributed by atoms with Crippen molar-refractivity contribution < 1.29 is 4.79 Å². The van der Waals surface area contributed by atoms with E-state index in [9.17, 15) is 4.79 Å². The number of rotatable bonds is 5. The Kier molecular flexibility index (Phi) is 6.52. The summed E-state index contributed by atoms with van der Waals surface area (Å²) in [5.74, 6) is 0.166. The van der Waals surface area contributed by atoms with Crippen molar-refractivity contribution in [2.24, 2.45) is 0 Å². The van der Waals surface area contributed by atoms with Crippen molar-refractivity contribution >= 4 is 16.8 Å². The zero-order valence-electron chi connectivity index (χ0n) is 20.0. The first kappa shape index (κ1) is 22.2. The van der Waals surface area contributed by atoms with Crippen LogP contribution in [-0.2, 0) is 6.54 Å². The third-order valence-corrected chi connectivity index (χ3v) is 7.42. The lowest BCUT2D eigenvalue weighted by atomic mass is 10.0. The number of piperidine rings is 1. The molecule has 1 aromatic heterocycles. The van der Waals surface area contributed by atoms with E-state index in [1.165, 1.54) is 29.3 Å². The van der Waals surface area contributed by atoms with Gasteiger partial charge in [-0.2, -0.15) is 0 Å². The number of benzene rings is 2. The molecule has 2 fully saturated rings. The lowest BCUT2D eigenvalue weighted by Gasteiger charge is -2.37. The molecule has 2 aromatic carbocycles. The number of carbonyl (C=O) groups excluding carboxylic acids is 1. The highest BCUT2D eigenvalue weighted by atomic mass is 16.2. The molecule has 1 atom stereocenters. The zero-order valence-corrected chi connectivity index (χ0v) is 20.0. The summed E-state index contributed by atoms with van der Waals surface area (Å²) in [6.07, 6.45) is 4.64. The molecule has 5 nitrogen and oxygen atoms in total. The predicted molar refractivity (Wildman–Crippen MR) is 135 cm³/mol. The van der Waals surface area contributed by atoms with Crippen LogP contribution in [0.25, 0.3) is 10.9 Å². The fourth-order valence-electron chi connectivity index (χ4n) is 5.48. The van der Waals surface area contributed by atoms with Crippen LogP contribution < -0.4 is 0 Å². The third kappa shape index (κ3) is 4.85. The highest BCUT2D eigenvalue weighted by Crippen LogP contribution is 2.28. The van der Waals surface area contributed by atoms with Crippen molar-refractivity contribution in [3.8, 4) is 0 Å². The van der Waals surface area contributed by atoms with Crippen LogP contribution in [0.2, 0.25) is 0 Å². The Hall–Kier alpha value is -2.63. The molecule has 0 aliphatic carbocycles. The normalized spacial score (nSPS) is 20.6. The van der Waals surface area contributed by atoms with Crippen LogP contribution in [0.4, 0.5) is 0 Å². The van der Waals surface area contributed by atoms with Gasteiger partial charge in [-0.05, 0) is 63.1 Å². The van der Waals surface area contributed by atoms with E-state index in [2.05, 4.69) is 82.9 Å². The molecule has 0 radical (unpaired) electrons. The topological polar surface area (TPSA) is 31.7 Å². The molecule has 0 spiro atoms. The zero-order chi connectivity index (χ0) is 22.8. The van der Waals surface area contributed by atoms with E-state index in [0.717, 1.165) is 51.4 Å². The number of nitrogens with zero attached hydrogens (tertiary/aromatic N) is 4. The first-order valence-corrected chi connectivity index (χ1v) is 12.5. The van der Waals surface area contributed by atoms with Gasteiger partial charge in [0.25, 0.3) is 5.91 Å². The lowest BCUT2D eigenvalue weighted by molar-refractivity contribution is 0.0595. The van der Waals surface area contributed by atoms with Gasteiger partial charge in [-0.1, -0.05) is 30.3 Å². The van der Waals surface area contributed by atoms with Crippen molar-refractivity contribution in [1.82, 2.24) is 19.3 Å². The minimum Gasteiger partial charge on any atom is -0.343 e. The van der Waals surface area contributed by atoms with Crippen LogP contribution in [0.1, 0.15) is 48.7 Å². The van der Waals surface area contributed by atoms with Crippen molar-refractivity contribution in [1.29, 1.82) is 0 Å². The Morgan fingerprint density at radius 2 is 1.76 bits per heavy atom. The summed E-state index contributed by atoms with van der Waals surface area (Å²) in [5, 5.41) is 1.17. The maximum Gasteiger partial charge on any atom is 0.253 e. The molecule has 174 valence electrons. The summed E-state index contributed by atoms with van der Waals surface area (Å²) in [6.45, 7) is 11.2. The van der Waals surface area contributed by atoms with Gasteiger partial charge in [0.1, 0.15) is 0 Å². The summed E-state index contributed by atoms with van der Waals surface area (Å²) >= 11 is 0. The Morgan fingerprint density at radius 1 is 0.970 bits per heavy atom. The van der Waals surface area contributed by atoms with Crippen molar-refractivity contribution in [3.05, 3.63) is 71.9 Å². The number of hydrogen-bond acceptors (Lipinski definition) is 3. The fourth-order valence-corrected chi connectivity index (χ4v) is 5.48. The molecule has 5 rings (SSSR count). The molecule has 0 N–H and O–H groups in total. The number of hydrogen-bond donors (Lipinski definition) is 0. The van der Waals surface area contributed by atoms with Crippen LogP contribution in [0.15, 0.2) is 60.8 Å². The fraction of sp³-hybridized carbons (Fsp3) is 0.464. The van der Waals surface area contributed by atoms with Gasteiger partial charge in [0.05, 0.1) is 0 Å². The molecule has 2 saturated heterocycles. The van der Waals surface area contributed by atoms with Gasteiger partial charge in [0.2, 0.25) is 0 Å². The maximum absolute atomic E-state index is 13.1. The second-order valence-electron chi connectivity index (χ2n) is 9.94. The molecule has 3 heterocycles. The van der Waals surface area contributed by atoms with E-state index in [4.69, 9.17) is 0 Å². The number of aromatic nitrogens is 1. The lowest BCUT2D eigenvalue weighted by Crippen LogP contribution is -2.50. The van der Waals surface area contributed by atoms with Crippen molar-refractivity contribution in [2.75, 3.05) is 39.3 Å².